The number of nitrogens with one attached hydrogen (secondary N) is 1. The minimum atomic E-state index is -0.119. The molecule has 3 rings (SSSR count). The van der Waals surface area contributed by atoms with Crippen molar-refractivity contribution in [2.45, 2.75) is 13.2 Å². The highest BCUT2D eigenvalue weighted by atomic mass is 16.5. The van der Waals surface area contributed by atoms with Gasteiger partial charge >= 0.3 is 0 Å². The molecule has 2 aromatic rings. The first-order valence-corrected chi connectivity index (χ1v) is 5.62. The minimum Gasteiger partial charge on any atom is -0.464 e. The van der Waals surface area contributed by atoms with E-state index in [0.717, 1.165) is 22.7 Å². The number of hydrogen-bond donors (Lipinski definition) is 2. The van der Waals surface area contributed by atoms with E-state index in [1.165, 1.54) is 5.56 Å². The first-order valence-electron chi connectivity index (χ1n) is 5.62. The van der Waals surface area contributed by atoms with Gasteiger partial charge in [-0.2, -0.15) is 0 Å². The lowest BCUT2D eigenvalue weighted by atomic mass is 10.1. The highest BCUT2D eigenvalue weighted by Gasteiger charge is 2.23. The van der Waals surface area contributed by atoms with E-state index < -0.39 is 0 Å². The average molecular weight is 226 g/mol. The van der Waals surface area contributed by atoms with Crippen LogP contribution in [0.15, 0.2) is 42.5 Å². The zero-order chi connectivity index (χ0) is 11.8. The van der Waals surface area contributed by atoms with E-state index in [9.17, 15) is 0 Å². The minimum absolute atomic E-state index is 0.119. The Kier molecular flexibility index (Phi) is 2.18. The van der Waals surface area contributed by atoms with Crippen molar-refractivity contribution in [2.75, 3.05) is 11.1 Å². The second-order valence-electron chi connectivity index (χ2n) is 4.31. The van der Waals surface area contributed by atoms with Gasteiger partial charge in [-0.1, -0.05) is 29.8 Å². The lowest BCUT2D eigenvalue weighted by Gasteiger charge is -2.11. The Bertz CT molecular complexity index is 566. The van der Waals surface area contributed by atoms with Crippen molar-refractivity contribution in [3.05, 3.63) is 53.6 Å². The SMILES string of the molecule is Cc1cccc(C2Nc3cc(N)ccc3O2)c1. The van der Waals surface area contributed by atoms with Gasteiger partial charge in [0.25, 0.3) is 0 Å². The summed E-state index contributed by atoms with van der Waals surface area (Å²) in [4.78, 5) is 0. The summed E-state index contributed by atoms with van der Waals surface area (Å²) < 4.78 is 5.84. The van der Waals surface area contributed by atoms with Crippen molar-refractivity contribution in [1.82, 2.24) is 0 Å². The molecule has 0 saturated carbocycles. The molecule has 1 heterocycles. The first-order chi connectivity index (χ1) is 8.22. The van der Waals surface area contributed by atoms with Crippen LogP contribution in [0.3, 0.4) is 0 Å². The standard InChI is InChI=1S/C14H14N2O/c1-9-3-2-4-10(7-9)14-16-12-8-11(15)5-6-13(12)17-14/h2-8,14,16H,15H2,1H3. The number of rotatable bonds is 1. The predicted octanol–water partition coefficient (Wildman–Crippen LogP) is 3.08. The third-order valence-electron chi connectivity index (χ3n) is 2.88. The monoisotopic (exact) mass is 226 g/mol. The molecule has 1 atom stereocenters. The van der Waals surface area contributed by atoms with Crippen LogP contribution in [0.2, 0.25) is 0 Å². The summed E-state index contributed by atoms with van der Waals surface area (Å²) in [6, 6.07) is 13.9. The molecule has 1 aliphatic heterocycles. The molecule has 17 heavy (non-hydrogen) atoms. The Balaban J connectivity index is 1.91. The van der Waals surface area contributed by atoms with Crippen LogP contribution in [0.25, 0.3) is 0 Å². The van der Waals surface area contributed by atoms with Gasteiger partial charge in [-0.25, -0.2) is 0 Å². The topological polar surface area (TPSA) is 47.3 Å². The largest absolute Gasteiger partial charge is 0.464 e. The Morgan fingerprint density at radius 2 is 2.06 bits per heavy atom. The molecule has 3 N–H and O–H groups in total. The lowest BCUT2D eigenvalue weighted by Crippen LogP contribution is -2.10. The second-order valence-corrected chi connectivity index (χ2v) is 4.31. The van der Waals surface area contributed by atoms with E-state index in [1.807, 2.05) is 24.3 Å². The van der Waals surface area contributed by atoms with Crippen molar-refractivity contribution in [3.63, 3.8) is 0 Å². The molecule has 0 saturated heterocycles. The summed E-state index contributed by atoms with van der Waals surface area (Å²) in [5, 5.41) is 3.32. The summed E-state index contributed by atoms with van der Waals surface area (Å²) >= 11 is 0. The number of benzene rings is 2. The fourth-order valence-corrected chi connectivity index (χ4v) is 2.05. The molecule has 3 heteroatoms. The van der Waals surface area contributed by atoms with Crippen LogP contribution < -0.4 is 15.8 Å². The summed E-state index contributed by atoms with van der Waals surface area (Å²) in [6.07, 6.45) is -0.119. The Hall–Kier alpha value is -2.16. The number of nitrogens with two attached hydrogens (primary N) is 1. The van der Waals surface area contributed by atoms with Crippen LogP contribution in [0.5, 0.6) is 5.75 Å². The first kappa shape index (κ1) is 10.0. The molecule has 2 aromatic carbocycles. The van der Waals surface area contributed by atoms with Gasteiger partial charge in [0.2, 0.25) is 0 Å². The molecule has 0 amide bonds. The van der Waals surface area contributed by atoms with E-state index in [-0.39, 0.29) is 6.23 Å². The highest BCUT2D eigenvalue weighted by Crippen LogP contribution is 2.38. The van der Waals surface area contributed by atoms with Crippen LogP contribution >= 0.6 is 0 Å². The molecule has 0 aromatic heterocycles. The van der Waals surface area contributed by atoms with E-state index in [2.05, 4.69) is 30.4 Å². The normalized spacial score (nSPS) is 17.1. The fourth-order valence-electron chi connectivity index (χ4n) is 2.05. The predicted molar refractivity (Wildman–Crippen MR) is 69.0 cm³/mol. The maximum absolute atomic E-state index is 5.84. The number of anilines is 2. The van der Waals surface area contributed by atoms with E-state index in [4.69, 9.17) is 10.5 Å². The fraction of sp³-hybridized carbons (Fsp3) is 0.143. The van der Waals surface area contributed by atoms with Gasteiger partial charge in [-0.05, 0) is 25.1 Å². The number of aryl methyl sites for hydroxylation is 1. The average Bonchev–Trinajstić information content (AvgIpc) is 2.72. The van der Waals surface area contributed by atoms with Gasteiger partial charge in [-0.3, -0.25) is 0 Å². The summed E-state index contributed by atoms with van der Waals surface area (Å²) in [7, 11) is 0. The van der Waals surface area contributed by atoms with Gasteiger partial charge in [0.1, 0.15) is 5.75 Å². The Labute approximate surface area is 100 Å². The van der Waals surface area contributed by atoms with Crippen LogP contribution in [0.1, 0.15) is 17.4 Å². The summed E-state index contributed by atoms with van der Waals surface area (Å²) in [6.45, 7) is 2.07. The molecule has 3 nitrogen and oxygen atoms in total. The van der Waals surface area contributed by atoms with E-state index in [1.54, 1.807) is 0 Å². The van der Waals surface area contributed by atoms with E-state index in [0.29, 0.717) is 0 Å². The van der Waals surface area contributed by atoms with Gasteiger partial charge in [0.15, 0.2) is 6.23 Å². The van der Waals surface area contributed by atoms with Crippen molar-refractivity contribution < 1.29 is 4.74 Å². The second kappa shape index (κ2) is 3.70. The van der Waals surface area contributed by atoms with Crippen LogP contribution in [-0.4, -0.2) is 0 Å². The third kappa shape index (κ3) is 1.80. The third-order valence-corrected chi connectivity index (χ3v) is 2.88. The quantitative estimate of drug-likeness (QED) is 0.734. The molecular weight excluding hydrogens is 212 g/mol. The lowest BCUT2D eigenvalue weighted by molar-refractivity contribution is 0.260. The Morgan fingerprint density at radius 1 is 1.18 bits per heavy atom. The number of ether oxygens (including phenoxy) is 1. The highest BCUT2D eigenvalue weighted by molar-refractivity contribution is 5.66. The van der Waals surface area contributed by atoms with Crippen molar-refractivity contribution in [3.8, 4) is 5.75 Å². The molecule has 0 fully saturated rings. The van der Waals surface area contributed by atoms with Crippen molar-refractivity contribution >= 4 is 11.4 Å². The van der Waals surface area contributed by atoms with Crippen LogP contribution in [-0.2, 0) is 0 Å². The molecule has 0 radical (unpaired) electrons. The molecule has 0 aliphatic carbocycles. The smallest absolute Gasteiger partial charge is 0.196 e. The Morgan fingerprint density at radius 3 is 2.88 bits per heavy atom. The van der Waals surface area contributed by atoms with Crippen LogP contribution in [0.4, 0.5) is 11.4 Å². The summed E-state index contributed by atoms with van der Waals surface area (Å²) in [5.74, 6) is 0.853. The van der Waals surface area contributed by atoms with Crippen molar-refractivity contribution in [1.29, 1.82) is 0 Å². The zero-order valence-corrected chi connectivity index (χ0v) is 9.60. The van der Waals surface area contributed by atoms with Crippen molar-refractivity contribution in [2.24, 2.45) is 0 Å². The van der Waals surface area contributed by atoms with Gasteiger partial charge in [-0.15, -0.1) is 0 Å². The molecule has 86 valence electrons. The van der Waals surface area contributed by atoms with E-state index >= 15 is 0 Å². The van der Waals surface area contributed by atoms with Crippen LogP contribution in [0, 0.1) is 6.92 Å². The molecular formula is C14H14N2O. The van der Waals surface area contributed by atoms with Gasteiger partial charge in [0.05, 0.1) is 5.69 Å². The number of hydrogen-bond acceptors (Lipinski definition) is 3. The summed E-state index contributed by atoms with van der Waals surface area (Å²) in [5.41, 5.74) is 9.79. The molecule has 0 bridgehead atoms. The van der Waals surface area contributed by atoms with Gasteiger partial charge < -0.3 is 15.8 Å². The number of fused-ring (bicyclic) bond motifs is 1. The zero-order valence-electron chi connectivity index (χ0n) is 9.60. The maximum atomic E-state index is 5.84. The molecule has 1 unspecified atom stereocenters. The molecule has 0 spiro atoms. The number of nitrogen functional groups attached to an aromatic ring is 1. The maximum Gasteiger partial charge on any atom is 0.196 e. The van der Waals surface area contributed by atoms with Gasteiger partial charge in [0, 0.05) is 11.3 Å². The molecule has 1 aliphatic rings.